The molecule has 0 radical (unpaired) electrons. The van der Waals surface area contributed by atoms with Gasteiger partial charge in [0.2, 0.25) is 0 Å². The summed E-state index contributed by atoms with van der Waals surface area (Å²) in [6.07, 6.45) is -1.09. The van der Waals surface area contributed by atoms with Gasteiger partial charge in [0.25, 0.3) is 5.91 Å². The highest BCUT2D eigenvalue weighted by Gasteiger charge is 2.40. The first-order valence-corrected chi connectivity index (χ1v) is 12.3. The van der Waals surface area contributed by atoms with Gasteiger partial charge >= 0.3 is 12.1 Å². The lowest BCUT2D eigenvalue weighted by atomic mass is 10.0. The standard InChI is InChI=1S/C29H30N2O7/c1-4-30-28(34)21-11-13-23(37-25-14-19(15-26(32)33)10-12-24(25)36-3)22(16-21)17-31-18(2)27(38-29(31)35)20-8-6-5-7-9-20/h5-14,16,18,27H,4,15,17H2,1-3H3,(H,30,34)(H,32,33)/t18-,27-/m1/s1. The van der Waals surface area contributed by atoms with Crippen molar-refractivity contribution in [2.45, 2.75) is 39.0 Å². The lowest BCUT2D eigenvalue weighted by molar-refractivity contribution is -0.136. The highest BCUT2D eigenvalue weighted by atomic mass is 16.6. The van der Waals surface area contributed by atoms with Gasteiger partial charge in [-0.25, -0.2) is 4.79 Å². The van der Waals surface area contributed by atoms with Crippen molar-refractivity contribution in [2.24, 2.45) is 0 Å². The van der Waals surface area contributed by atoms with Crippen molar-refractivity contribution in [3.8, 4) is 17.2 Å². The lowest BCUT2D eigenvalue weighted by Gasteiger charge is -2.23. The Hall–Kier alpha value is -4.53. The molecule has 0 aliphatic carbocycles. The van der Waals surface area contributed by atoms with E-state index in [4.69, 9.17) is 14.2 Å². The second-order valence-corrected chi connectivity index (χ2v) is 8.92. The maximum atomic E-state index is 12.9. The topological polar surface area (TPSA) is 114 Å². The van der Waals surface area contributed by atoms with Crippen LogP contribution in [0.2, 0.25) is 0 Å². The van der Waals surface area contributed by atoms with E-state index in [9.17, 15) is 19.5 Å². The number of methoxy groups -OCH3 is 1. The van der Waals surface area contributed by atoms with E-state index in [1.807, 2.05) is 44.2 Å². The number of hydrogen-bond acceptors (Lipinski definition) is 6. The molecule has 1 heterocycles. The van der Waals surface area contributed by atoms with Crippen LogP contribution < -0.4 is 14.8 Å². The smallest absolute Gasteiger partial charge is 0.411 e. The van der Waals surface area contributed by atoms with E-state index < -0.39 is 18.2 Å². The number of nitrogens with zero attached hydrogens (tertiary/aromatic N) is 1. The third-order valence-electron chi connectivity index (χ3n) is 6.32. The van der Waals surface area contributed by atoms with Crippen LogP contribution in [0.25, 0.3) is 0 Å². The van der Waals surface area contributed by atoms with E-state index in [1.54, 1.807) is 41.3 Å². The van der Waals surface area contributed by atoms with E-state index in [2.05, 4.69) is 5.32 Å². The van der Waals surface area contributed by atoms with Crippen molar-refractivity contribution >= 4 is 18.0 Å². The van der Waals surface area contributed by atoms with Crippen LogP contribution in [-0.2, 0) is 22.5 Å². The largest absolute Gasteiger partial charge is 0.493 e. The predicted octanol–water partition coefficient (Wildman–Crippen LogP) is 4.95. The summed E-state index contributed by atoms with van der Waals surface area (Å²) >= 11 is 0. The van der Waals surface area contributed by atoms with Gasteiger partial charge in [-0.05, 0) is 55.3 Å². The summed E-state index contributed by atoms with van der Waals surface area (Å²) < 4.78 is 17.3. The van der Waals surface area contributed by atoms with Crippen LogP contribution in [0.3, 0.4) is 0 Å². The molecule has 0 spiro atoms. The molecule has 0 aromatic heterocycles. The van der Waals surface area contributed by atoms with Gasteiger partial charge in [0.05, 0.1) is 26.1 Å². The second kappa shape index (κ2) is 11.7. The van der Waals surface area contributed by atoms with Gasteiger partial charge in [-0.3, -0.25) is 14.5 Å². The molecule has 38 heavy (non-hydrogen) atoms. The Kier molecular flexibility index (Phi) is 8.15. The van der Waals surface area contributed by atoms with E-state index in [1.165, 1.54) is 7.11 Å². The molecule has 1 aliphatic heterocycles. The van der Waals surface area contributed by atoms with E-state index in [0.717, 1.165) is 5.56 Å². The van der Waals surface area contributed by atoms with E-state index in [-0.39, 0.29) is 24.9 Å². The van der Waals surface area contributed by atoms with Crippen molar-refractivity contribution in [2.75, 3.05) is 13.7 Å². The molecule has 2 atom stereocenters. The monoisotopic (exact) mass is 518 g/mol. The summed E-state index contributed by atoms with van der Waals surface area (Å²) in [6, 6.07) is 19.1. The Balaban J connectivity index is 1.68. The number of carboxylic acid groups (broad SMARTS) is 1. The molecule has 1 aliphatic rings. The fourth-order valence-electron chi connectivity index (χ4n) is 4.40. The number of cyclic esters (lactones) is 1. The first-order chi connectivity index (χ1) is 18.3. The van der Waals surface area contributed by atoms with Crippen LogP contribution >= 0.6 is 0 Å². The molecular weight excluding hydrogens is 488 g/mol. The van der Waals surface area contributed by atoms with Gasteiger partial charge in [-0.1, -0.05) is 36.4 Å². The summed E-state index contributed by atoms with van der Waals surface area (Å²) in [5.74, 6) is -0.0939. The molecule has 4 rings (SSSR count). The van der Waals surface area contributed by atoms with Crippen LogP contribution in [0, 0.1) is 0 Å². The van der Waals surface area contributed by atoms with Crippen LogP contribution in [0.5, 0.6) is 17.2 Å². The van der Waals surface area contributed by atoms with Crippen LogP contribution in [0.1, 0.15) is 47.0 Å². The van der Waals surface area contributed by atoms with Crippen molar-refractivity contribution < 1.29 is 33.7 Å². The maximum Gasteiger partial charge on any atom is 0.411 e. The number of amides is 2. The summed E-state index contributed by atoms with van der Waals surface area (Å²) in [5.41, 5.74) is 2.43. The zero-order valence-electron chi connectivity index (χ0n) is 21.5. The zero-order chi connectivity index (χ0) is 27.2. The Bertz CT molecular complexity index is 1330. The first kappa shape index (κ1) is 26.5. The molecule has 3 aromatic carbocycles. The third-order valence-corrected chi connectivity index (χ3v) is 6.32. The summed E-state index contributed by atoms with van der Waals surface area (Å²) in [6.45, 7) is 4.34. The lowest BCUT2D eigenvalue weighted by Crippen LogP contribution is -2.31. The normalized spacial score (nSPS) is 16.6. The molecule has 198 valence electrons. The van der Waals surface area contributed by atoms with Crippen molar-refractivity contribution in [1.29, 1.82) is 0 Å². The number of nitrogens with one attached hydrogen (secondary N) is 1. The molecule has 3 aromatic rings. The van der Waals surface area contributed by atoms with Gasteiger partial charge in [-0.2, -0.15) is 0 Å². The number of aliphatic carboxylic acids is 1. The Morgan fingerprint density at radius 2 is 1.76 bits per heavy atom. The molecule has 1 saturated heterocycles. The quantitative estimate of drug-likeness (QED) is 0.390. The van der Waals surface area contributed by atoms with Gasteiger partial charge in [0.1, 0.15) is 11.9 Å². The number of rotatable bonds is 10. The molecule has 2 N–H and O–H groups in total. The van der Waals surface area contributed by atoms with Crippen molar-refractivity contribution in [3.63, 3.8) is 0 Å². The van der Waals surface area contributed by atoms with Crippen molar-refractivity contribution in [3.05, 3.63) is 89.0 Å². The van der Waals surface area contributed by atoms with Crippen LogP contribution in [0.4, 0.5) is 4.79 Å². The molecule has 1 fully saturated rings. The molecule has 0 unspecified atom stereocenters. The molecule has 0 saturated carbocycles. The Labute approximate surface area is 220 Å². The van der Waals surface area contributed by atoms with Gasteiger partial charge in [-0.15, -0.1) is 0 Å². The Morgan fingerprint density at radius 1 is 1.03 bits per heavy atom. The minimum Gasteiger partial charge on any atom is -0.493 e. The number of carbonyl (C=O) groups excluding carboxylic acids is 2. The number of ether oxygens (including phenoxy) is 3. The number of benzene rings is 3. The average Bonchev–Trinajstić information content (AvgIpc) is 3.18. The van der Waals surface area contributed by atoms with Gasteiger partial charge in [0.15, 0.2) is 11.5 Å². The number of carbonyl (C=O) groups is 3. The molecular formula is C29H30N2O7. The van der Waals surface area contributed by atoms with Crippen LogP contribution in [0.15, 0.2) is 66.7 Å². The third kappa shape index (κ3) is 5.88. The first-order valence-electron chi connectivity index (χ1n) is 12.3. The average molecular weight is 519 g/mol. The Morgan fingerprint density at radius 3 is 2.45 bits per heavy atom. The fraction of sp³-hybridized carbons (Fsp3) is 0.276. The predicted molar refractivity (Wildman–Crippen MR) is 140 cm³/mol. The molecule has 2 amide bonds. The van der Waals surface area contributed by atoms with Crippen LogP contribution in [-0.4, -0.2) is 47.7 Å². The van der Waals surface area contributed by atoms with E-state index in [0.29, 0.717) is 40.5 Å². The fourth-order valence-corrected chi connectivity index (χ4v) is 4.40. The highest BCUT2D eigenvalue weighted by Crippen LogP contribution is 2.38. The highest BCUT2D eigenvalue weighted by molar-refractivity contribution is 5.94. The minimum atomic E-state index is -0.970. The maximum absolute atomic E-state index is 12.9. The number of carboxylic acids is 1. The SMILES string of the molecule is CCNC(=O)c1ccc(Oc2cc(CC(=O)O)ccc2OC)c(CN2C(=O)O[C@@H](c3ccccc3)[C@H]2C)c1. The minimum absolute atomic E-state index is 0.128. The van der Waals surface area contributed by atoms with E-state index >= 15 is 0 Å². The van der Waals surface area contributed by atoms with Gasteiger partial charge in [0, 0.05) is 17.7 Å². The van der Waals surface area contributed by atoms with Crippen molar-refractivity contribution in [1.82, 2.24) is 10.2 Å². The second-order valence-electron chi connectivity index (χ2n) is 8.92. The summed E-state index contributed by atoms with van der Waals surface area (Å²) in [7, 11) is 1.49. The molecule has 0 bridgehead atoms. The summed E-state index contributed by atoms with van der Waals surface area (Å²) in [5, 5.41) is 12.0. The zero-order valence-corrected chi connectivity index (χ0v) is 21.5. The number of hydrogen-bond donors (Lipinski definition) is 2. The van der Waals surface area contributed by atoms with Gasteiger partial charge < -0.3 is 24.6 Å². The molecule has 9 heteroatoms. The summed E-state index contributed by atoms with van der Waals surface area (Å²) in [4.78, 5) is 38.3. The molecule has 9 nitrogen and oxygen atoms in total.